The van der Waals surface area contributed by atoms with Crippen molar-refractivity contribution in [2.45, 2.75) is 26.3 Å². The van der Waals surface area contributed by atoms with E-state index in [2.05, 4.69) is 48.2 Å². The minimum atomic E-state index is 0.130. The molecule has 1 unspecified atom stereocenters. The van der Waals surface area contributed by atoms with Crippen LogP contribution >= 0.6 is 11.3 Å². The molecule has 0 spiro atoms. The summed E-state index contributed by atoms with van der Waals surface area (Å²) < 4.78 is 1.55. The van der Waals surface area contributed by atoms with Crippen LogP contribution in [0.2, 0.25) is 0 Å². The lowest BCUT2D eigenvalue weighted by Gasteiger charge is -2.36. The van der Waals surface area contributed by atoms with Gasteiger partial charge in [0, 0.05) is 17.4 Å². The molecule has 1 fully saturated rings. The average molecular weight is 343 g/mol. The summed E-state index contributed by atoms with van der Waals surface area (Å²) in [4.78, 5) is 7.49. The van der Waals surface area contributed by atoms with Crippen LogP contribution in [0.1, 0.15) is 36.8 Å². The van der Waals surface area contributed by atoms with Crippen molar-refractivity contribution in [1.29, 1.82) is 0 Å². The number of thiazole rings is 1. The number of quaternary nitrogens is 1. The summed E-state index contributed by atoms with van der Waals surface area (Å²) in [6, 6.07) is 10.7. The third-order valence-electron chi connectivity index (χ3n) is 4.97. The number of fused-ring (bicyclic) bond motifs is 1. The van der Waals surface area contributed by atoms with Crippen molar-refractivity contribution in [3.8, 4) is 5.88 Å². The Morgan fingerprint density at radius 3 is 2.58 bits per heavy atom. The molecule has 4 rings (SSSR count). The van der Waals surface area contributed by atoms with Gasteiger partial charge in [-0.1, -0.05) is 55.5 Å². The predicted molar refractivity (Wildman–Crippen MR) is 94.5 cm³/mol. The molecule has 3 heterocycles. The van der Waals surface area contributed by atoms with Crippen molar-refractivity contribution in [3.05, 3.63) is 47.1 Å². The molecule has 4 atom stereocenters. The van der Waals surface area contributed by atoms with Gasteiger partial charge >= 0.3 is 0 Å². The van der Waals surface area contributed by atoms with E-state index in [4.69, 9.17) is 0 Å². The number of nitrogens with zero attached hydrogens (tertiary/aromatic N) is 3. The first kappa shape index (κ1) is 15.6. The van der Waals surface area contributed by atoms with E-state index < -0.39 is 0 Å². The van der Waals surface area contributed by atoms with Crippen molar-refractivity contribution >= 4 is 16.3 Å². The summed E-state index contributed by atoms with van der Waals surface area (Å²) in [6.45, 7) is 6.91. The van der Waals surface area contributed by atoms with Gasteiger partial charge in [0.1, 0.15) is 11.2 Å². The Hall–Kier alpha value is -1.92. The fraction of sp³-hybridized carbons (Fsp3) is 0.444. The number of hydrogen-bond donors (Lipinski definition) is 2. The molecular weight excluding hydrogens is 320 g/mol. The zero-order chi connectivity index (χ0) is 16.7. The highest BCUT2D eigenvalue weighted by molar-refractivity contribution is 7.17. The van der Waals surface area contributed by atoms with E-state index in [0.717, 1.165) is 22.9 Å². The number of hydrogen-bond acceptors (Lipinski definition) is 4. The first-order valence-corrected chi connectivity index (χ1v) is 9.36. The summed E-state index contributed by atoms with van der Waals surface area (Å²) >= 11 is 1.55. The summed E-state index contributed by atoms with van der Waals surface area (Å²) in [7, 11) is 0. The average Bonchev–Trinajstić information content (AvgIpc) is 3.12. The second kappa shape index (κ2) is 6.18. The Morgan fingerprint density at radius 2 is 1.92 bits per heavy atom. The molecular formula is C18H23N4OS+. The minimum absolute atomic E-state index is 0.130. The smallest absolute Gasteiger partial charge is 0.235 e. The van der Waals surface area contributed by atoms with E-state index in [9.17, 15) is 5.11 Å². The SMILES string of the molecule is C[C@@H]1C[C@H](C)C[NH+]([C@@H](c2ccccc2)c2sc3ncnn3c2O)C1. The first-order chi connectivity index (χ1) is 11.6. The number of aromatic hydroxyl groups is 1. The number of nitrogens with one attached hydrogen (secondary N) is 1. The lowest BCUT2D eigenvalue weighted by atomic mass is 9.89. The van der Waals surface area contributed by atoms with Gasteiger partial charge in [0.25, 0.3) is 0 Å². The first-order valence-electron chi connectivity index (χ1n) is 8.54. The zero-order valence-electron chi connectivity index (χ0n) is 14.0. The molecule has 0 aliphatic carbocycles. The molecule has 6 heteroatoms. The van der Waals surface area contributed by atoms with Gasteiger partial charge in [0.2, 0.25) is 10.8 Å². The van der Waals surface area contributed by atoms with Crippen LogP contribution in [0.4, 0.5) is 0 Å². The molecule has 1 saturated heterocycles. The van der Waals surface area contributed by atoms with Crippen LogP contribution in [0, 0.1) is 11.8 Å². The Balaban J connectivity index is 1.81. The molecule has 1 aliphatic rings. The molecule has 0 bridgehead atoms. The van der Waals surface area contributed by atoms with E-state index in [1.54, 1.807) is 15.9 Å². The zero-order valence-corrected chi connectivity index (χ0v) is 14.8. The summed E-state index contributed by atoms with van der Waals surface area (Å²) in [5.74, 6) is 1.62. The molecule has 0 saturated carbocycles. The number of rotatable bonds is 3. The summed E-state index contributed by atoms with van der Waals surface area (Å²) in [5, 5.41) is 14.9. The fourth-order valence-electron chi connectivity index (χ4n) is 4.17. The quantitative estimate of drug-likeness (QED) is 0.766. The van der Waals surface area contributed by atoms with Gasteiger partial charge in [-0.15, -0.1) is 0 Å². The number of aromatic nitrogens is 3. The maximum Gasteiger partial charge on any atom is 0.235 e. The molecule has 3 aromatic rings. The van der Waals surface area contributed by atoms with Crippen molar-refractivity contribution in [3.63, 3.8) is 0 Å². The Labute approximate surface area is 145 Å². The van der Waals surface area contributed by atoms with Gasteiger partial charge in [0.05, 0.1) is 13.1 Å². The third-order valence-corrected chi connectivity index (χ3v) is 6.07. The highest BCUT2D eigenvalue weighted by Crippen LogP contribution is 2.35. The largest absolute Gasteiger partial charge is 0.492 e. The van der Waals surface area contributed by atoms with Crippen LogP contribution in [0.3, 0.4) is 0 Å². The van der Waals surface area contributed by atoms with Crippen LogP contribution in [0.15, 0.2) is 36.7 Å². The highest BCUT2D eigenvalue weighted by Gasteiger charge is 2.36. The minimum Gasteiger partial charge on any atom is -0.492 e. The molecule has 24 heavy (non-hydrogen) atoms. The van der Waals surface area contributed by atoms with Gasteiger partial charge in [-0.25, -0.2) is 4.98 Å². The van der Waals surface area contributed by atoms with E-state index in [0.29, 0.717) is 11.8 Å². The second-order valence-corrected chi connectivity index (χ2v) is 8.11. The molecule has 1 aromatic carbocycles. The number of benzene rings is 1. The second-order valence-electron chi connectivity index (χ2n) is 7.10. The van der Waals surface area contributed by atoms with Crippen LogP contribution in [0.25, 0.3) is 4.96 Å². The topological polar surface area (TPSA) is 54.9 Å². The maximum atomic E-state index is 10.7. The van der Waals surface area contributed by atoms with Gasteiger partial charge in [-0.05, 0) is 6.42 Å². The fourth-order valence-corrected chi connectivity index (χ4v) is 5.28. The maximum absolute atomic E-state index is 10.7. The van der Waals surface area contributed by atoms with Gasteiger partial charge in [0.15, 0.2) is 6.04 Å². The summed E-state index contributed by atoms with van der Waals surface area (Å²) in [6.07, 6.45) is 2.77. The molecule has 126 valence electrons. The molecule has 5 nitrogen and oxygen atoms in total. The Morgan fingerprint density at radius 1 is 1.21 bits per heavy atom. The lowest BCUT2D eigenvalue weighted by Crippen LogP contribution is -3.14. The lowest BCUT2D eigenvalue weighted by molar-refractivity contribution is -0.936. The monoisotopic (exact) mass is 343 g/mol. The Bertz CT molecular complexity index is 818. The predicted octanol–water partition coefficient (Wildman–Crippen LogP) is 2.15. The molecule has 2 aromatic heterocycles. The van der Waals surface area contributed by atoms with Crippen molar-refractivity contribution in [2.24, 2.45) is 11.8 Å². The van der Waals surface area contributed by atoms with E-state index in [1.165, 1.54) is 23.2 Å². The standard InChI is InChI=1S/C18H22N4OS/c1-12-8-13(2)10-21(9-12)15(14-6-4-3-5-7-14)16-17(23)22-18(24-16)19-11-20-22/h3-7,11-13,15,23H,8-10H2,1-2H3/p+1/t12-,13+,15-/m0/s1. The van der Waals surface area contributed by atoms with E-state index in [-0.39, 0.29) is 11.9 Å². The van der Waals surface area contributed by atoms with Crippen molar-refractivity contribution < 1.29 is 10.0 Å². The van der Waals surface area contributed by atoms with Gasteiger partial charge < -0.3 is 10.0 Å². The summed E-state index contributed by atoms with van der Waals surface area (Å²) in [5.41, 5.74) is 1.24. The van der Waals surface area contributed by atoms with Crippen LogP contribution in [0.5, 0.6) is 5.88 Å². The number of likely N-dealkylation sites (tertiary alicyclic amines) is 1. The highest BCUT2D eigenvalue weighted by atomic mass is 32.1. The van der Waals surface area contributed by atoms with Crippen molar-refractivity contribution in [2.75, 3.05) is 13.1 Å². The number of piperidine rings is 1. The van der Waals surface area contributed by atoms with Gasteiger partial charge in [-0.3, -0.25) is 0 Å². The molecule has 2 N–H and O–H groups in total. The van der Waals surface area contributed by atoms with E-state index >= 15 is 0 Å². The van der Waals surface area contributed by atoms with Crippen LogP contribution in [-0.2, 0) is 0 Å². The van der Waals surface area contributed by atoms with Crippen LogP contribution < -0.4 is 4.90 Å². The van der Waals surface area contributed by atoms with Crippen LogP contribution in [-0.4, -0.2) is 32.8 Å². The Kier molecular flexibility index (Phi) is 4.02. The normalized spacial score (nSPS) is 25.8. The van der Waals surface area contributed by atoms with Crippen molar-refractivity contribution in [1.82, 2.24) is 14.6 Å². The molecule has 0 radical (unpaired) electrons. The molecule has 0 amide bonds. The third kappa shape index (κ3) is 2.70. The molecule has 1 aliphatic heterocycles. The van der Waals surface area contributed by atoms with E-state index in [1.807, 2.05) is 6.07 Å². The van der Waals surface area contributed by atoms with Gasteiger partial charge in [-0.2, -0.15) is 9.61 Å².